The van der Waals surface area contributed by atoms with E-state index >= 15 is 0 Å². The van der Waals surface area contributed by atoms with Crippen LogP contribution in [0.2, 0.25) is 0 Å². The number of aromatic nitrogens is 1. The van der Waals surface area contributed by atoms with Gasteiger partial charge in [0.05, 0.1) is 4.90 Å². The second kappa shape index (κ2) is 7.93. The van der Waals surface area contributed by atoms with Gasteiger partial charge in [-0.25, -0.2) is 8.42 Å². The summed E-state index contributed by atoms with van der Waals surface area (Å²) in [6.07, 6.45) is 0. The van der Waals surface area contributed by atoms with E-state index in [1.54, 1.807) is 30.3 Å². The third-order valence-electron chi connectivity index (χ3n) is 4.47. The van der Waals surface area contributed by atoms with Crippen molar-refractivity contribution < 1.29 is 12.8 Å². The minimum atomic E-state index is -3.84. The lowest BCUT2D eigenvalue weighted by Crippen LogP contribution is -2.07. The van der Waals surface area contributed by atoms with Crippen molar-refractivity contribution in [2.45, 2.75) is 23.4 Å². The number of aryl methyl sites for hydroxylation is 1. The number of nitrogens with zero attached hydrogens (tertiary/aromatic N) is 1. The van der Waals surface area contributed by atoms with Gasteiger partial charge >= 0.3 is 0 Å². The van der Waals surface area contributed by atoms with E-state index < -0.39 is 9.84 Å². The summed E-state index contributed by atoms with van der Waals surface area (Å²) in [5.41, 5.74) is 2.76. The van der Waals surface area contributed by atoms with Crippen molar-refractivity contribution in [3.63, 3.8) is 0 Å². The molecular formula is C23H20N2O3S. The first-order chi connectivity index (χ1) is 14.0. The SMILES string of the molecule is Cc1cccc(-c2nc(S(=O)(=O)c3ccccc3)c(NCc3ccccc3)o2)c1. The van der Waals surface area contributed by atoms with Crippen molar-refractivity contribution in [3.8, 4) is 11.5 Å². The highest BCUT2D eigenvalue weighted by molar-refractivity contribution is 7.91. The Morgan fingerprint density at radius 2 is 1.59 bits per heavy atom. The fourth-order valence-corrected chi connectivity index (χ4v) is 4.29. The van der Waals surface area contributed by atoms with Crippen LogP contribution in [0.5, 0.6) is 0 Å². The first kappa shape index (κ1) is 19.0. The minimum absolute atomic E-state index is 0.115. The van der Waals surface area contributed by atoms with Crippen LogP contribution in [0.1, 0.15) is 11.1 Å². The van der Waals surface area contributed by atoms with Crippen molar-refractivity contribution in [3.05, 3.63) is 96.1 Å². The smallest absolute Gasteiger partial charge is 0.234 e. The molecule has 29 heavy (non-hydrogen) atoms. The molecule has 4 aromatic rings. The van der Waals surface area contributed by atoms with Gasteiger partial charge in [-0.2, -0.15) is 4.98 Å². The summed E-state index contributed by atoms with van der Waals surface area (Å²) < 4.78 is 32.3. The lowest BCUT2D eigenvalue weighted by Gasteiger charge is -2.06. The second-order valence-electron chi connectivity index (χ2n) is 6.68. The van der Waals surface area contributed by atoms with Crippen LogP contribution in [0.3, 0.4) is 0 Å². The molecule has 6 heteroatoms. The lowest BCUT2D eigenvalue weighted by molar-refractivity contribution is 0.576. The molecule has 1 heterocycles. The summed E-state index contributed by atoms with van der Waals surface area (Å²) in [6, 6.07) is 25.5. The van der Waals surface area contributed by atoms with Gasteiger partial charge in [-0.15, -0.1) is 0 Å². The van der Waals surface area contributed by atoms with Gasteiger partial charge in [-0.05, 0) is 36.8 Å². The highest BCUT2D eigenvalue weighted by Crippen LogP contribution is 2.32. The van der Waals surface area contributed by atoms with E-state index in [1.165, 1.54) is 0 Å². The summed E-state index contributed by atoms with van der Waals surface area (Å²) in [6.45, 7) is 2.38. The number of sulfone groups is 1. The molecule has 0 aliphatic carbocycles. The summed E-state index contributed by atoms with van der Waals surface area (Å²) in [5, 5.41) is 2.99. The molecule has 0 amide bonds. The van der Waals surface area contributed by atoms with Crippen LogP contribution in [-0.4, -0.2) is 13.4 Å². The molecule has 1 N–H and O–H groups in total. The molecule has 0 saturated carbocycles. The van der Waals surface area contributed by atoms with E-state index in [9.17, 15) is 8.42 Å². The number of oxazole rings is 1. The molecule has 0 aliphatic rings. The number of hydrogen-bond acceptors (Lipinski definition) is 5. The summed E-state index contributed by atoms with van der Waals surface area (Å²) in [5.74, 6) is 0.396. The van der Waals surface area contributed by atoms with Gasteiger partial charge in [0.1, 0.15) is 0 Å². The van der Waals surface area contributed by atoms with Crippen molar-refractivity contribution in [1.29, 1.82) is 0 Å². The predicted molar refractivity (Wildman–Crippen MR) is 112 cm³/mol. The topological polar surface area (TPSA) is 72.2 Å². The van der Waals surface area contributed by atoms with Crippen LogP contribution in [0.25, 0.3) is 11.5 Å². The second-order valence-corrected chi connectivity index (χ2v) is 8.54. The van der Waals surface area contributed by atoms with E-state index in [0.717, 1.165) is 16.7 Å². The maximum absolute atomic E-state index is 13.2. The number of nitrogens with one attached hydrogen (secondary N) is 1. The van der Waals surface area contributed by atoms with Gasteiger partial charge < -0.3 is 9.73 Å². The fraction of sp³-hybridized carbons (Fsp3) is 0.0870. The summed E-state index contributed by atoms with van der Waals surface area (Å²) >= 11 is 0. The van der Waals surface area contributed by atoms with Crippen molar-refractivity contribution in [2.24, 2.45) is 0 Å². The van der Waals surface area contributed by atoms with Crippen LogP contribution >= 0.6 is 0 Å². The molecule has 0 unspecified atom stereocenters. The van der Waals surface area contributed by atoms with Gasteiger partial charge in [-0.3, -0.25) is 0 Å². The molecule has 3 aromatic carbocycles. The van der Waals surface area contributed by atoms with Gasteiger partial charge in [0, 0.05) is 12.1 Å². The third kappa shape index (κ3) is 4.07. The quantitative estimate of drug-likeness (QED) is 0.484. The number of anilines is 1. The molecule has 0 spiro atoms. The Morgan fingerprint density at radius 3 is 2.28 bits per heavy atom. The van der Waals surface area contributed by atoms with Crippen molar-refractivity contribution in [2.75, 3.05) is 5.32 Å². The monoisotopic (exact) mass is 404 g/mol. The standard InChI is InChI=1S/C23H20N2O3S/c1-17-9-8-12-19(15-17)21-25-23(29(26,27)20-13-6-3-7-14-20)22(28-21)24-16-18-10-4-2-5-11-18/h2-15,24H,16H2,1H3. The molecule has 0 radical (unpaired) electrons. The molecule has 0 atom stereocenters. The molecule has 0 bridgehead atoms. The Bertz CT molecular complexity index is 1220. The number of rotatable bonds is 6. The highest BCUT2D eigenvalue weighted by Gasteiger charge is 2.28. The molecule has 4 rings (SSSR count). The number of hydrogen-bond donors (Lipinski definition) is 1. The zero-order valence-electron chi connectivity index (χ0n) is 15.9. The third-order valence-corrected chi connectivity index (χ3v) is 6.14. The van der Waals surface area contributed by atoms with Gasteiger partial charge in [-0.1, -0.05) is 66.2 Å². The highest BCUT2D eigenvalue weighted by atomic mass is 32.2. The zero-order chi connectivity index (χ0) is 20.3. The van der Waals surface area contributed by atoms with Crippen LogP contribution in [0, 0.1) is 6.92 Å². The van der Waals surface area contributed by atoms with Gasteiger partial charge in [0.25, 0.3) is 0 Å². The van der Waals surface area contributed by atoms with Crippen molar-refractivity contribution >= 4 is 15.7 Å². The van der Waals surface area contributed by atoms with E-state index in [-0.39, 0.29) is 21.7 Å². The average Bonchev–Trinajstić information content (AvgIpc) is 3.19. The fourth-order valence-electron chi connectivity index (χ4n) is 2.99. The molecular weight excluding hydrogens is 384 g/mol. The molecule has 0 saturated heterocycles. The van der Waals surface area contributed by atoms with Crippen molar-refractivity contribution in [1.82, 2.24) is 4.98 Å². The molecule has 5 nitrogen and oxygen atoms in total. The largest absolute Gasteiger partial charge is 0.419 e. The Morgan fingerprint density at radius 1 is 0.897 bits per heavy atom. The summed E-state index contributed by atoms with van der Waals surface area (Å²) in [4.78, 5) is 4.54. The Balaban J connectivity index is 1.77. The first-order valence-corrected chi connectivity index (χ1v) is 10.7. The normalized spacial score (nSPS) is 11.3. The number of benzene rings is 3. The predicted octanol–water partition coefficient (Wildman–Crippen LogP) is 5.09. The summed E-state index contributed by atoms with van der Waals surface area (Å²) in [7, 11) is -3.84. The van der Waals surface area contributed by atoms with Gasteiger partial charge in [0.15, 0.2) is 0 Å². The van der Waals surface area contributed by atoms with Crippen LogP contribution in [0.15, 0.2) is 99.3 Å². The minimum Gasteiger partial charge on any atom is -0.419 e. The van der Waals surface area contributed by atoms with E-state index in [4.69, 9.17) is 4.42 Å². The maximum atomic E-state index is 13.2. The first-order valence-electron chi connectivity index (χ1n) is 9.20. The zero-order valence-corrected chi connectivity index (χ0v) is 16.7. The molecule has 0 fully saturated rings. The Kier molecular flexibility index (Phi) is 5.18. The van der Waals surface area contributed by atoms with Crippen LogP contribution in [-0.2, 0) is 16.4 Å². The maximum Gasteiger partial charge on any atom is 0.234 e. The van der Waals surface area contributed by atoms with E-state index in [2.05, 4.69) is 10.3 Å². The molecule has 0 aliphatic heterocycles. The van der Waals surface area contributed by atoms with E-state index in [0.29, 0.717) is 6.54 Å². The average molecular weight is 404 g/mol. The lowest BCUT2D eigenvalue weighted by atomic mass is 10.1. The van der Waals surface area contributed by atoms with Crippen LogP contribution < -0.4 is 5.32 Å². The van der Waals surface area contributed by atoms with Crippen LogP contribution in [0.4, 0.5) is 5.88 Å². The Hall–Kier alpha value is -3.38. The van der Waals surface area contributed by atoms with E-state index in [1.807, 2.05) is 61.5 Å². The molecule has 1 aromatic heterocycles. The Labute approximate surface area is 170 Å². The molecule has 146 valence electrons. The van der Waals surface area contributed by atoms with Gasteiger partial charge in [0.2, 0.25) is 26.6 Å².